The Hall–Kier alpha value is -4.09. The lowest BCUT2D eigenvalue weighted by molar-refractivity contribution is 0.481. The topological polar surface area (TPSA) is 32.6 Å². The van der Waals surface area contributed by atoms with Crippen molar-refractivity contribution in [1.82, 2.24) is 9.99 Å². The van der Waals surface area contributed by atoms with Gasteiger partial charge in [0.25, 0.3) is 0 Å². The van der Waals surface area contributed by atoms with E-state index in [9.17, 15) is 0 Å². The molecule has 1 unspecified atom stereocenters. The Balaban J connectivity index is 1.51. The zero-order chi connectivity index (χ0) is 21.8. The molecule has 1 aliphatic heterocycles. The fraction of sp³-hybridized carbons (Fsp3) is 0.0357. The van der Waals surface area contributed by atoms with Crippen LogP contribution in [0.2, 0.25) is 0 Å². The number of benzene rings is 4. The Kier molecular flexibility index (Phi) is 4.04. The number of fused-ring (bicyclic) bond motifs is 5. The van der Waals surface area contributed by atoms with Crippen molar-refractivity contribution in [2.75, 3.05) is 4.90 Å². The van der Waals surface area contributed by atoms with E-state index in [1.165, 1.54) is 31.9 Å². The van der Waals surface area contributed by atoms with E-state index in [-0.39, 0.29) is 6.29 Å². The summed E-state index contributed by atoms with van der Waals surface area (Å²) in [6, 6.07) is 36.3. The second kappa shape index (κ2) is 7.22. The first-order chi connectivity index (χ1) is 16.4. The van der Waals surface area contributed by atoms with Crippen molar-refractivity contribution >= 4 is 54.8 Å². The third-order valence-corrected chi connectivity index (χ3v) is 7.26. The monoisotopic (exact) mass is 444 g/mol. The summed E-state index contributed by atoms with van der Waals surface area (Å²) in [6.07, 6.45) is -0.193. The maximum absolute atomic E-state index is 4.84. The number of para-hydroxylation sites is 2. The van der Waals surface area contributed by atoms with Crippen molar-refractivity contribution in [3.63, 3.8) is 0 Å². The zero-order valence-corrected chi connectivity index (χ0v) is 18.5. The van der Waals surface area contributed by atoms with Crippen molar-refractivity contribution in [1.29, 1.82) is 0 Å². The highest BCUT2D eigenvalue weighted by Crippen LogP contribution is 2.40. The third-order valence-electron chi connectivity index (χ3n) is 6.38. The van der Waals surface area contributed by atoms with Crippen LogP contribution in [0.25, 0.3) is 31.9 Å². The van der Waals surface area contributed by atoms with E-state index < -0.39 is 0 Å². The summed E-state index contributed by atoms with van der Waals surface area (Å²) in [6.45, 7) is 0. The highest BCUT2D eigenvalue weighted by Gasteiger charge is 2.33. The van der Waals surface area contributed by atoms with E-state index in [0.717, 1.165) is 17.1 Å². The molecule has 4 nitrogen and oxygen atoms in total. The van der Waals surface area contributed by atoms with Crippen LogP contribution in [0.3, 0.4) is 0 Å². The third kappa shape index (κ3) is 2.73. The smallest absolute Gasteiger partial charge is 0.203 e. The Morgan fingerprint density at radius 3 is 2.30 bits per heavy atom. The van der Waals surface area contributed by atoms with Gasteiger partial charge in [-0.2, -0.15) is 5.10 Å². The van der Waals surface area contributed by atoms with Gasteiger partial charge in [0.15, 0.2) is 5.84 Å². The van der Waals surface area contributed by atoms with Gasteiger partial charge in [0.05, 0.1) is 11.0 Å². The average Bonchev–Trinajstić information content (AvgIpc) is 3.60. The number of hydrogen-bond donors (Lipinski definition) is 1. The predicted octanol–water partition coefficient (Wildman–Crippen LogP) is 6.94. The maximum Gasteiger partial charge on any atom is 0.203 e. The van der Waals surface area contributed by atoms with Gasteiger partial charge in [-0.1, -0.05) is 66.7 Å². The molecule has 0 spiro atoms. The summed E-state index contributed by atoms with van der Waals surface area (Å²) in [5, 5.41) is 10.9. The van der Waals surface area contributed by atoms with Gasteiger partial charge in [-0.3, -0.25) is 10.3 Å². The molecule has 158 valence electrons. The number of hydrazone groups is 1. The first kappa shape index (κ1) is 18.5. The molecule has 1 N–H and O–H groups in total. The lowest BCUT2D eigenvalue weighted by atomic mass is 10.1. The number of aromatic nitrogens is 1. The molecule has 0 saturated carbocycles. The molecule has 0 bridgehead atoms. The van der Waals surface area contributed by atoms with Crippen LogP contribution in [-0.2, 0) is 0 Å². The minimum absolute atomic E-state index is 0.193. The van der Waals surface area contributed by atoms with Gasteiger partial charge < -0.3 is 4.57 Å². The van der Waals surface area contributed by atoms with Crippen molar-refractivity contribution in [3.05, 3.63) is 114 Å². The molecule has 1 atom stereocenters. The molecule has 0 amide bonds. The number of nitrogens with zero attached hydrogens (tertiary/aromatic N) is 3. The summed E-state index contributed by atoms with van der Waals surface area (Å²) >= 11 is 1.79. The minimum Gasteiger partial charge on any atom is -0.301 e. The SMILES string of the molecule is c1ccc(C2=NNC(n3c4ccccc4c4c5ccsc5ccc43)N2c2ccccc2)cc1. The number of nitrogens with one attached hydrogen (secondary N) is 1. The number of thiophene rings is 1. The predicted molar refractivity (Wildman–Crippen MR) is 139 cm³/mol. The molecule has 5 heteroatoms. The zero-order valence-electron chi connectivity index (χ0n) is 17.7. The molecule has 2 aromatic heterocycles. The van der Waals surface area contributed by atoms with E-state index in [1.807, 2.05) is 6.07 Å². The molecule has 3 heterocycles. The molecule has 0 radical (unpaired) electrons. The van der Waals surface area contributed by atoms with Crippen LogP contribution in [0.4, 0.5) is 5.69 Å². The van der Waals surface area contributed by atoms with Crippen LogP contribution in [0.5, 0.6) is 0 Å². The maximum atomic E-state index is 4.84. The number of hydrogen-bond acceptors (Lipinski definition) is 4. The Labute approximate surface area is 195 Å². The van der Waals surface area contributed by atoms with Crippen LogP contribution >= 0.6 is 11.3 Å². The molecular weight excluding hydrogens is 424 g/mol. The summed E-state index contributed by atoms with van der Waals surface area (Å²) in [5.74, 6) is 0.911. The Bertz CT molecular complexity index is 1650. The lowest BCUT2D eigenvalue weighted by Crippen LogP contribution is -2.37. The van der Waals surface area contributed by atoms with Crippen molar-refractivity contribution in [2.24, 2.45) is 5.10 Å². The fourth-order valence-corrected chi connectivity index (χ4v) is 5.76. The highest BCUT2D eigenvalue weighted by atomic mass is 32.1. The van der Waals surface area contributed by atoms with Gasteiger partial charge >= 0.3 is 0 Å². The fourth-order valence-electron chi connectivity index (χ4n) is 4.97. The van der Waals surface area contributed by atoms with Gasteiger partial charge in [-0.05, 0) is 41.8 Å². The molecular formula is C28H20N4S. The van der Waals surface area contributed by atoms with E-state index >= 15 is 0 Å². The van der Waals surface area contributed by atoms with Crippen LogP contribution in [0, 0.1) is 0 Å². The van der Waals surface area contributed by atoms with Gasteiger partial charge in [-0.15, -0.1) is 11.3 Å². The molecule has 4 aromatic carbocycles. The second-order valence-corrected chi connectivity index (χ2v) is 9.14. The van der Waals surface area contributed by atoms with Crippen LogP contribution < -0.4 is 10.3 Å². The van der Waals surface area contributed by atoms with E-state index in [1.54, 1.807) is 11.3 Å². The molecule has 0 saturated heterocycles. The van der Waals surface area contributed by atoms with Crippen LogP contribution in [0.15, 0.2) is 114 Å². The van der Waals surface area contributed by atoms with Gasteiger partial charge in [0, 0.05) is 32.1 Å². The van der Waals surface area contributed by atoms with Gasteiger partial charge in [0.2, 0.25) is 6.29 Å². The van der Waals surface area contributed by atoms with Crippen LogP contribution in [-0.4, -0.2) is 10.4 Å². The summed E-state index contributed by atoms with van der Waals surface area (Å²) in [5.41, 5.74) is 8.03. The summed E-state index contributed by atoms with van der Waals surface area (Å²) < 4.78 is 3.69. The van der Waals surface area contributed by atoms with Crippen molar-refractivity contribution < 1.29 is 0 Å². The largest absolute Gasteiger partial charge is 0.301 e. The van der Waals surface area contributed by atoms with Gasteiger partial charge in [0.1, 0.15) is 0 Å². The normalized spacial score (nSPS) is 15.9. The van der Waals surface area contributed by atoms with E-state index in [0.29, 0.717) is 0 Å². The minimum atomic E-state index is -0.193. The second-order valence-electron chi connectivity index (χ2n) is 8.19. The van der Waals surface area contributed by atoms with Gasteiger partial charge in [-0.25, -0.2) is 0 Å². The highest BCUT2D eigenvalue weighted by molar-refractivity contribution is 7.17. The quantitative estimate of drug-likeness (QED) is 0.321. The standard InChI is InChI=1S/C28H20N4S/c1-3-9-19(10-4-1)27-29-30-28(31(27)20-11-5-2-6-12-20)32-23-14-8-7-13-21(23)26-22-17-18-33-25(22)16-15-24(26)32/h1-18,28,30H. The summed E-state index contributed by atoms with van der Waals surface area (Å²) in [4.78, 5) is 2.29. The molecule has 6 aromatic rings. The van der Waals surface area contributed by atoms with Crippen molar-refractivity contribution in [2.45, 2.75) is 6.29 Å². The summed E-state index contributed by atoms with van der Waals surface area (Å²) in [7, 11) is 0. The van der Waals surface area contributed by atoms with Crippen LogP contribution in [0.1, 0.15) is 11.9 Å². The molecule has 7 rings (SSSR count). The van der Waals surface area contributed by atoms with E-state index in [2.05, 4.69) is 117 Å². The number of anilines is 1. The Morgan fingerprint density at radius 2 is 1.45 bits per heavy atom. The molecule has 1 aliphatic rings. The first-order valence-corrected chi connectivity index (χ1v) is 11.9. The molecule has 33 heavy (non-hydrogen) atoms. The van der Waals surface area contributed by atoms with Crippen molar-refractivity contribution in [3.8, 4) is 0 Å². The first-order valence-electron chi connectivity index (χ1n) is 11.0. The average molecular weight is 445 g/mol. The number of amidine groups is 1. The molecule has 0 aliphatic carbocycles. The number of rotatable bonds is 3. The Morgan fingerprint density at radius 1 is 0.697 bits per heavy atom. The van der Waals surface area contributed by atoms with E-state index in [4.69, 9.17) is 5.10 Å². The molecule has 0 fully saturated rings. The lowest BCUT2D eigenvalue weighted by Gasteiger charge is -2.29.